The Kier molecular flexibility index (Phi) is 6.88. The Labute approximate surface area is 201 Å². The van der Waals surface area contributed by atoms with Gasteiger partial charge in [0.15, 0.2) is 5.65 Å². The Morgan fingerprint density at radius 1 is 1.35 bits per heavy atom. The number of nitrogens with zero attached hydrogens (tertiary/aromatic N) is 3. The zero-order chi connectivity index (χ0) is 24.3. The van der Waals surface area contributed by atoms with Gasteiger partial charge in [-0.1, -0.05) is 32.6 Å². The van der Waals surface area contributed by atoms with Crippen LogP contribution >= 0.6 is 0 Å². The minimum absolute atomic E-state index is 0.179. The van der Waals surface area contributed by atoms with Gasteiger partial charge in [0.1, 0.15) is 11.6 Å². The van der Waals surface area contributed by atoms with Crippen molar-refractivity contribution in [2.45, 2.75) is 64.6 Å². The van der Waals surface area contributed by atoms with Crippen LogP contribution in [0.4, 0.5) is 17.3 Å². The van der Waals surface area contributed by atoms with E-state index in [2.05, 4.69) is 60.6 Å². The van der Waals surface area contributed by atoms with Crippen LogP contribution < -0.4 is 21.3 Å². The van der Waals surface area contributed by atoms with E-state index >= 15 is 0 Å². The molecule has 0 bridgehead atoms. The lowest BCUT2D eigenvalue weighted by Gasteiger charge is -2.36. The minimum atomic E-state index is -0.227. The highest BCUT2D eigenvalue weighted by Crippen LogP contribution is 2.26. The van der Waals surface area contributed by atoms with Gasteiger partial charge in [0.2, 0.25) is 5.91 Å². The number of fused-ring (bicyclic) bond motifs is 1. The van der Waals surface area contributed by atoms with E-state index in [0.717, 1.165) is 53.5 Å². The van der Waals surface area contributed by atoms with E-state index in [-0.39, 0.29) is 11.4 Å². The predicted octanol–water partition coefficient (Wildman–Crippen LogP) is 4.53. The lowest BCUT2D eigenvalue weighted by atomic mass is 9.91. The molecular weight excluding hydrogens is 426 g/mol. The van der Waals surface area contributed by atoms with Crippen LogP contribution in [-0.2, 0) is 11.3 Å². The first-order valence-electron chi connectivity index (χ1n) is 11.9. The van der Waals surface area contributed by atoms with Gasteiger partial charge in [0.05, 0.1) is 6.20 Å². The van der Waals surface area contributed by atoms with E-state index in [4.69, 9.17) is 4.98 Å². The first-order chi connectivity index (χ1) is 16.2. The molecular formula is C26H35N7O. The first-order valence-corrected chi connectivity index (χ1v) is 11.9. The van der Waals surface area contributed by atoms with E-state index in [1.165, 1.54) is 6.08 Å². The van der Waals surface area contributed by atoms with Crippen molar-refractivity contribution in [2.75, 3.05) is 22.5 Å². The summed E-state index contributed by atoms with van der Waals surface area (Å²) in [5.41, 5.74) is 3.93. The molecule has 2 aromatic heterocycles. The number of carbonyl (C=O) groups excluding carboxylic acids is 1. The number of piperidine rings is 1. The largest absolute Gasteiger partial charge is 0.366 e. The lowest BCUT2D eigenvalue weighted by molar-refractivity contribution is -0.111. The number of carbonyl (C=O) groups is 1. The second-order valence-electron chi connectivity index (χ2n) is 9.91. The summed E-state index contributed by atoms with van der Waals surface area (Å²) in [5.74, 6) is 1.80. The van der Waals surface area contributed by atoms with Gasteiger partial charge < -0.3 is 21.3 Å². The second kappa shape index (κ2) is 9.85. The molecule has 0 spiro atoms. The molecule has 8 nitrogen and oxygen atoms in total. The molecule has 0 saturated carbocycles. The molecule has 4 rings (SSSR count). The third-order valence-corrected chi connectivity index (χ3v) is 6.27. The van der Waals surface area contributed by atoms with Crippen LogP contribution in [0.25, 0.3) is 5.65 Å². The molecule has 1 fully saturated rings. The molecule has 3 heterocycles. The van der Waals surface area contributed by atoms with Crippen LogP contribution in [0.2, 0.25) is 0 Å². The molecule has 8 heteroatoms. The minimum Gasteiger partial charge on any atom is -0.366 e. The fraction of sp³-hybridized carbons (Fsp3) is 0.423. The van der Waals surface area contributed by atoms with Crippen LogP contribution in [0, 0.1) is 0 Å². The molecule has 1 unspecified atom stereocenters. The maximum Gasteiger partial charge on any atom is 0.247 e. The summed E-state index contributed by atoms with van der Waals surface area (Å²) < 4.78 is 1.87. The maximum absolute atomic E-state index is 11.6. The van der Waals surface area contributed by atoms with Crippen LogP contribution in [0.1, 0.15) is 57.6 Å². The zero-order valence-corrected chi connectivity index (χ0v) is 20.5. The average Bonchev–Trinajstić information content (AvgIpc) is 3.23. The second-order valence-corrected chi connectivity index (χ2v) is 9.91. The molecule has 34 heavy (non-hydrogen) atoms. The number of hydrogen-bond donors (Lipinski definition) is 4. The standard InChI is InChI=1S/C26H35N7O/c1-6-24(34)31-19-9-7-8-18(12-19)14-27-23-13-22(30-20-10-11-26(4,5)28-15-20)32-25-21(17(2)3)16-29-33(23)25/h6-9,12-13,16-17,20,27-28H,1,10-11,14-15H2,2-5H3,(H,30,32)(H,31,34). The Balaban J connectivity index is 1.57. The van der Waals surface area contributed by atoms with Gasteiger partial charge in [-0.3, -0.25) is 4.79 Å². The molecule has 0 radical (unpaired) electrons. The van der Waals surface area contributed by atoms with Crippen molar-refractivity contribution >= 4 is 28.9 Å². The Morgan fingerprint density at radius 3 is 2.88 bits per heavy atom. The number of amides is 1. The van der Waals surface area contributed by atoms with E-state index in [0.29, 0.717) is 18.5 Å². The van der Waals surface area contributed by atoms with Gasteiger partial charge in [-0.25, -0.2) is 4.98 Å². The summed E-state index contributed by atoms with van der Waals surface area (Å²) >= 11 is 0. The van der Waals surface area contributed by atoms with E-state index in [1.54, 1.807) is 0 Å². The van der Waals surface area contributed by atoms with Crippen molar-refractivity contribution in [3.63, 3.8) is 0 Å². The molecule has 1 aromatic carbocycles. The maximum atomic E-state index is 11.6. The lowest BCUT2D eigenvalue weighted by Crippen LogP contribution is -2.50. The van der Waals surface area contributed by atoms with Gasteiger partial charge in [0.25, 0.3) is 0 Å². The fourth-order valence-electron chi connectivity index (χ4n) is 4.19. The Morgan fingerprint density at radius 2 is 2.18 bits per heavy atom. The highest BCUT2D eigenvalue weighted by molar-refractivity contribution is 5.98. The van der Waals surface area contributed by atoms with Crippen LogP contribution in [0.5, 0.6) is 0 Å². The van der Waals surface area contributed by atoms with E-state index in [9.17, 15) is 4.79 Å². The summed E-state index contributed by atoms with van der Waals surface area (Å²) in [7, 11) is 0. The van der Waals surface area contributed by atoms with Crippen molar-refractivity contribution in [2.24, 2.45) is 0 Å². The third-order valence-electron chi connectivity index (χ3n) is 6.27. The summed E-state index contributed by atoms with van der Waals surface area (Å²) in [6, 6.07) is 10.1. The zero-order valence-electron chi connectivity index (χ0n) is 20.5. The number of benzene rings is 1. The van der Waals surface area contributed by atoms with Gasteiger partial charge in [-0.15, -0.1) is 0 Å². The number of rotatable bonds is 8. The van der Waals surface area contributed by atoms with Crippen molar-refractivity contribution in [1.29, 1.82) is 0 Å². The highest BCUT2D eigenvalue weighted by Gasteiger charge is 2.26. The summed E-state index contributed by atoms with van der Waals surface area (Å²) in [5, 5.41) is 18.2. The summed E-state index contributed by atoms with van der Waals surface area (Å²) in [6.07, 6.45) is 5.37. The molecule has 1 aliphatic rings. The molecule has 4 N–H and O–H groups in total. The number of aromatic nitrogens is 3. The van der Waals surface area contributed by atoms with Gasteiger partial charge in [0, 0.05) is 42.0 Å². The Bertz CT molecular complexity index is 1170. The number of nitrogens with one attached hydrogen (secondary N) is 4. The van der Waals surface area contributed by atoms with Crippen molar-refractivity contribution < 1.29 is 4.79 Å². The summed E-state index contributed by atoms with van der Waals surface area (Å²) in [6.45, 7) is 13.8. The van der Waals surface area contributed by atoms with Crippen LogP contribution in [0.15, 0.2) is 49.2 Å². The van der Waals surface area contributed by atoms with Gasteiger partial charge >= 0.3 is 0 Å². The van der Waals surface area contributed by atoms with Crippen molar-refractivity contribution in [1.82, 2.24) is 19.9 Å². The number of anilines is 3. The average molecular weight is 462 g/mol. The molecule has 1 atom stereocenters. The Hall–Kier alpha value is -3.39. The van der Waals surface area contributed by atoms with Crippen LogP contribution in [-0.4, -0.2) is 38.6 Å². The first kappa shape index (κ1) is 23.8. The molecule has 1 amide bonds. The van der Waals surface area contributed by atoms with Gasteiger partial charge in [-0.2, -0.15) is 9.61 Å². The molecule has 3 aromatic rings. The summed E-state index contributed by atoms with van der Waals surface area (Å²) in [4.78, 5) is 16.6. The molecule has 1 aliphatic heterocycles. The quantitative estimate of drug-likeness (QED) is 0.368. The van der Waals surface area contributed by atoms with Crippen molar-refractivity contribution in [3.05, 3.63) is 60.3 Å². The third kappa shape index (κ3) is 5.56. The predicted molar refractivity (Wildman–Crippen MR) is 138 cm³/mol. The monoisotopic (exact) mass is 461 g/mol. The number of hydrogen-bond acceptors (Lipinski definition) is 6. The van der Waals surface area contributed by atoms with Crippen LogP contribution in [0.3, 0.4) is 0 Å². The molecule has 1 saturated heterocycles. The topological polar surface area (TPSA) is 95.4 Å². The van der Waals surface area contributed by atoms with E-state index in [1.807, 2.05) is 41.0 Å². The fourth-order valence-corrected chi connectivity index (χ4v) is 4.19. The molecule has 180 valence electrons. The van der Waals surface area contributed by atoms with Gasteiger partial charge in [-0.05, 0) is 56.4 Å². The highest BCUT2D eigenvalue weighted by atomic mass is 16.1. The SMILES string of the molecule is C=CC(=O)Nc1cccc(CNc2cc(NC3CCC(C)(C)NC3)nc3c(C(C)C)cnn23)c1. The van der Waals surface area contributed by atoms with E-state index < -0.39 is 0 Å². The normalized spacial score (nSPS) is 17.5. The molecule has 0 aliphatic carbocycles. The smallest absolute Gasteiger partial charge is 0.247 e. The van der Waals surface area contributed by atoms with Crippen molar-refractivity contribution in [3.8, 4) is 0 Å².